The van der Waals surface area contributed by atoms with Crippen LogP contribution in [0.1, 0.15) is 31.5 Å². The minimum Gasteiger partial charge on any atom is -0.508 e. The van der Waals surface area contributed by atoms with Crippen LogP contribution in [-0.4, -0.2) is 64.7 Å². The first-order chi connectivity index (χ1) is 17.5. The maximum Gasteiger partial charge on any atom is 0.318 e. The fourth-order valence-corrected chi connectivity index (χ4v) is 5.24. The Morgan fingerprint density at radius 1 is 1.19 bits per heavy atom. The number of carbonyl (C=O) groups is 1. The average molecular weight is 488 g/mol. The van der Waals surface area contributed by atoms with Crippen LogP contribution in [0.25, 0.3) is 10.8 Å². The lowest BCUT2D eigenvalue weighted by atomic mass is 10.0. The molecule has 188 valence electrons. The molecular weight excluding hydrogens is 454 g/mol. The van der Waals surface area contributed by atoms with E-state index in [-0.39, 0.29) is 17.7 Å². The van der Waals surface area contributed by atoms with Crippen molar-refractivity contribution in [3.05, 3.63) is 60.3 Å². The molecule has 0 radical (unpaired) electrons. The summed E-state index contributed by atoms with van der Waals surface area (Å²) in [5, 5.41) is 12.5. The van der Waals surface area contributed by atoms with E-state index >= 15 is 0 Å². The van der Waals surface area contributed by atoms with Gasteiger partial charge in [0, 0.05) is 54.9 Å². The van der Waals surface area contributed by atoms with E-state index in [9.17, 15) is 9.90 Å². The average Bonchev–Trinajstić information content (AvgIpc) is 2.90. The molecule has 0 bridgehead atoms. The smallest absolute Gasteiger partial charge is 0.318 e. The highest BCUT2D eigenvalue weighted by atomic mass is 16.5. The molecule has 1 amide bonds. The highest BCUT2D eigenvalue weighted by molar-refractivity contribution is 5.95. The molecule has 2 aliphatic rings. The number of piperazine rings is 1. The van der Waals surface area contributed by atoms with Crippen molar-refractivity contribution in [2.45, 2.75) is 39.3 Å². The summed E-state index contributed by atoms with van der Waals surface area (Å²) in [5.74, 6) is 1.13. The molecule has 0 spiro atoms. The van der Waals surface area contributed by atoms with Gasteiger partial charge in [-0.2, -0.15) is 9.97 Å². The van der Waals surface area contributed by atoms with Crippen LogP contribution in [0.5, 0.6) is 11.8 Å². The Bertz CT molecular complexity index is 1290. The van der Waals surface area contributed by atoms with E-state index < -0.39 is 0 Å². The number of ether oxygens (including phenoxy) is 1. The van der Waals surface area contributed by atoms with Gasteiger partial charge in [0.25, 0.3) is 0 Å². The summed E-state index contributed by atoms with van der Waals surface area (Å²) < 4.78 is 5.90. The molecule has 1 saturated heterocycles. The van der Waals surface area contributed by atoms with Crippen LogP contribution in [-0.2, 0) is 17.8 Å². The Balaban J connectivity index is 1.49. The molecule has 36 heavy (non-hydrogen) atoms. The lowest BCUT2D eigenvalue weighted by Crippen LogP contribution is -2.54. The maximum absolute atomic E-state index is 12.2. The number of aromatic hydroxyl groups is 1. The van der Waals surface area contributed by atoms with Crippen molar-refractivity contribution in [3.8, 4) is 11.8 Å². The van der Waals surface area contributed by atoms with Crippen molar-refractivity contribution in [3.63, 3.8) is 0 Å². The first-order valence-corrected chi connectivity index (χ1v) is 12.7. The number of fused-ring (bicyclic) bond motifs is 2. The van der Waals surface area contributed by atoms with Gasteiger partial charge in [-0.15, -0.1) is 0 Å². The van der Waals surface area contributed by atoms with E-state index in [2.05, 4.69) is 36.3 Å². The molecule has 3 heterocycles. The first kappa shape index (κ1) is 23.9. The van der Waals surface area contributed by atoms with Gasteiger partial charge in [-0.05, 0) is 37.3 Å². The molecule has 2 aliphatic heterocycles. The molecule has 3 aromatic rings. The van der Waals surface area contributed by atoms with Crippen molar-refractivity contribution in [2.75, 3.05) is 42.6 Å². The summed E-state index contributed by atoms with van der Waals surface area (Å²) in [7, 11) is 0. The number of anilines is 2. The molecule has 8 nitrogen and oxygen atoms in total. The SMILES string of the molecule is C=CC(=O)N1CCN(c2nc(OCCC)nc3c2CCN(c2cc(O)cc4ccccc24)C3)C[C@H]1C. The van der Waals surface area contributed by atoms with E-state index in [1.807, 2.05) is 29.2 Å². The monoisotopic (exact) mass is 487 g/mol. The lowest BCUT2D eigenvalue weighted by molar-refractivity contribution is -0.128. The predicted molar refractivity (Wildman–Crippen MR) is 142 cm³/mol. The zero-order valence-electron chi connectivity index (χ0n) is 21.0. The van der Waals surface area contributed by atoms with Crippen molar-refractivity contribution in [1.82, 2.24) is 14.9 Å². The molecule has 5 rings (SSSR count). The van der Waals surface area contributed by atoms with Crippen LogP contribution in [0.4, 0.5) is 11.5 Å². The number of hydrogen-bond donors (Lipinski definition) is 1. The summed E-state index contributed by atoms with van der Waals surface area (Å²) in [4.78, 5) is 28.3. The van der Waals surface area contributed by atoms with Crippen molar-refractivity contribution < 1.29 is 14.6 Å². The van der Waals surface area contributed by atoms with Crippen LogP contribution in [0.15, 0.2) is 49.1 Å². The largest absolute Gasteiger partial charge is 0.508 e. The number of phenolic OH excluding ortho intramolecular Hbond substituents is 1. The third kappa shape index (κ3) is 4.55. The van der Waals surface area contributed by atoms with Crippen molar-refractivity contribution in [2.24, 2.45) is 0 Å². The van der Waals surface area contributed by atoms with Gasteiger partial charge >= 0.3 is 6.01 Å². The molecule has 0 unspecified atom stereocenters. The molecule has 2 aromatic carbocycles. The Kier molecular flexibility index (Phi) is 6.67. The summed E-state index contributed by atoms with van der Waals surface area (Å²) in [6, 6.07) is 12.2. The number of hydrogen-bond acceptors (Lipinski definition) is 7. The van der Waals surface area contributed by atoms with E-state index in [0.29, 0.717) is 38.8 Å². The molecule has 0 saturated carbocycles. The predicted octanol–water partition coefficient (Wildman–Crippen LogP) is 3.91. The van der Waals surface area contributed by atoms with Gasteiger partial charge in [0.1, 0.15) is 11.6 Å². The first-order valence-electron chi connectivity index (χ1n) is 12.7. The molecule has 1 aromatic heterocycles. The Hall–Kier alpha value is -3.81. The summed E-state index contributed by atoms with van der Waals surface area (Å²) >= 11 is 0. The standard InChI is InChI=1S/C28H33N5O3/c1-4-14-36-28-29-24-18-31(25-16-21(34)15-20-8-6-7-9-22(20)25)11-10-23(24)27(30-28)32-12-13-33(19(3)17-32)26(35)5-2/h5-9,15-16,19,34H,2,4,10-14,17-18H2,1,3H3/t19-/m1/s1. The Morgan fingerprint density at radius 2 is 2.03 bits per heavy atom. The molecule has 1 N–H and O–H groups in total. The van der Waals surface area contributed by atoms with Gasteiger partial charge in [-0.25, -0.2) is 0 Å². The molecule has 1 atom stereocenters. The van der Waals surface area contributed by atoms with E-state index in [1.165, 1.54) is 6.08 Å². The van der Waals surface area contributed by atoms with E-state index in [0.717, 1.165) is 52.9 Å². The van der Waals surface area contributed by atoms with Gasteiger partial charge in [-0.3, -0.25) is 4.79 Å². The second kappa shape index (κ2) is 10.0. The third-order valence-electron chi connectivity index (χ3n) is 7.01. The number of aromatic nitrogens is 2. The zero-order chi connectivity index (χ0) is 25.2. The number of nitrogens with zero attached hydrogens (tertiary/aromatic N) is 5. The number of benzene rings is 2. The minimum atomic E-state index is -0.0344. The highest BCUT2D eigenvalue weighted by Gasteiger charge is 2.31. The number of rotatable bonds is 6. The van der Waals surface area contributed by atoms with E-state index in [1.54, 1.807) is 6.07 Å². The maximum atomic E-state index is 12.2. The summed E-state index contributed by atoms with van der Waals surface area (Å²) in [6.45, 7) is 11.7. The number of carbonyl (C=O) groups excluding carboxylic acids is 1. The minimum absolute atomic E-state index is 0.0344. The fraction of sp³-hybridized carbons (Fsp3) is 0.393. The molecule has 0 aliphatic carbocycles. The second-order valence-corrected chi connectivity index (χ2v) is 9.49. The van der Waals surface area contributed by atoms with Crippen molar-refractivity contribution >= 4 is 28.2 Å². The van der Waals surface area contributed by atoms with E-state index in [4.69, 9.17) is 14.7 Å². The van der Waals surface area contributed by atoms with Crippen LogP contribution < -0.4 is 14.5 Å². The third-order valence-corrected chi connectivity index (χ3v) is 7.01. The second-order valence-electron chi connectivity index (χ2n) is 9.49. The van der Waals surface area contributed by atoms with Crippen LogP contribution in [0.3, 0.4) is 0 Å². The van der Waals surface area contributed by atoms with Crippen molar-refractivity contribution in [1.29, 1.82) is 0 Å². The number of phenols is 1. The Labute approximate surface area is 211 Å². The summed E-state index contributed by atoms with van der Waals surface area (Å²) in [5.41, 5.74) is 3.08. The number of amides is 1. The quantitative estimate of drug-likeness (QED) is 0.528. The molecular formula is C28H33N5O3. The fourth-order valence-electron chi connectivity index (χ4n) is 5.24. The van der Waals surface area contributed by atoms with Gasteiger partial charge in [0.05, 0.1) is 18.8 Å². The molecule has 8 heteroatoms. The van der Waals surface area contributed by atoms with Gasteiger partial charge < -0.3 is 24.5 Å². The van der Waals surface area contributed by atoms with Gasteiger partial charge in [-0.1, -0.05) is 37.8 Å². The van der Waals surface area contributed by atoms with Crippen LogP contribution in [0.2, 0.25) is 0 Å². The summed E-state index contributed by atoms with van der Waals surface area (Å²) in [6.07, 6.45) is 3.04. The normalized spacial score (nSPS) is 17.7. The lowest BCUT2D eigenvalue weighted by Gasteiger charge is -2.41. The zero-order valence-corrected chi connectivity index (χ0v) is 21.0. The molecule has 1 fully saturated rings. The van der Waals surface area contributed by atoms with Crippen LogP contribution in [0, 0.1) is 0 Å². The van der Waals surface area contributed by atoms with Gasteiger partial charge in [0.15, 0.2) is 0 Å². The van der Waals surface area contributed by atoms with Gasteiger partial charge in [0.2, 0.25) is 5.91 Å². The Morgan fingerprint density at radius 3 is 2.81 bits per heavy atom. The highest BCUT2D eigenvalue weighted by Crippen LogP contribution is 2.36. The topological polar surface area (TPSA) is 82.0 Å². The van der Waals surface area contributed by atoms with Crippen LogP contribution >= 0.6 is 0 Å².